The summed E-state index contributed by atoms with van der Waals surface area (Å²) in [6.45, 7) is 0.175. The Bertz CT molecular complexity index is 1080. The summed E-state index contributed by atoms with van der Waals surface area (Å²) in [4.78, 5) is 16.6. The van der Waals surface area contributed by atoms with Crippen molar-refractivity contribution in [1.29, 1.82) is 0 Å². The summed E-state index contributed by atoms with van der Waals surface area (Å²) < 4.78 is 27.1. The van der Waals surface area contributed by atoms with Crippen LogP contribution in [0.5, 0.6) is 0 Å². The number of aromatic nitrogens is 1. The topological polar surface area (TPSA) is 76.1 Å². The fourth-order valence-electron chi connectivity index (χ4n) is 2.47. The molecule has 0 fully saturated rings. The van der Waals surface area contributed by atoms with Crippen LogP contribution < -0.4 is 5.32 Å². The van der Waals surface area contributed by atoms with Crippen molar-refractivity contribution in [1.82, 2.24) is 10.3 Å². The predicted molar refractivity (Wildman–Crippen MR) is 112 cm³/mol. The van der Waals surface area contributed by atoms with Gasteiger partial charge in [0, 0.05) is 23.4 Å². The van der Waals surface area contributed by atoms with E-state index in [-0.39, 0.29) is 16.3 Å². The first kappa shape index (κ1) is 20.0. The molecule has 0 atom stereocenters. The molecule has 142 valence electrons. The van der Waals surface area contributed by atoms with Gasteiger partial charge in [-0.3, -0.25) is 9.78 Å². The van der Waals surface area contributed by atoms with Crippen LogP contribution in [0.25, 0.3) is 6.08 Å². The molecule has 0 saturated carbocycles. The molecule has 1 amide bonds. The summed E-state index contributed by atoms with van der Waals surface area (Å²) in [7, 11) is -3.99. The van der Waals surface area contributed by atoms with Crippen molar-refractivity contribution >= 4 is 37.8 Å². The Balaban J connectivity index is 1.96. The standard InChI is InChI=1S/C21H17BrN2O3S/c22-18-10-8-16(9-11-18)13-20(28(26,27)19-6-2-1-3-7-19)21(25)24-15-17-5-4-12-23-14-17/h1-14H,15H2,(H,24,25)/b20-13+. The molecule has 0 saturated heterocycles. The highest BCUT2D eigenvalue weighted by atomic mass is 79.9. The Morgan fingerprint density at radius 1 is 1.00 bits per heavy atom. The maximum absolute atomic E-state index is 13.1. The zero-order chi connectivity index (χ0) is 20.0. The molecule has 0 aliphatic rings. The summed E-state index contributed by atoms with van der Waals surface area (Å²) in [5.74, 6) is -0.671. The lowest BCUT2D eigenvalue weighted by molar-refractivity contribution is -0.116. The number of halogens is 1. The molecule has 7 heteroatoms. The largest absolute Gasteiger partial charge is 0.347 e. The van der Waals surface area contributed by atoms with Gasteiger partial charge in [0.1, 0.15) is 4.91 Å². The zero-order valence-corrected chi connectivity index (χ0v) is 17.2. The quantitative estimate of drug-likeness (QED) is 0.569. The minimum Gasteiger partial charge on any atom is -0.347 e. The van der Waals surface area contributed by atoms with Gasteiger partial charge >= 0.3 is 0 Å². The Labute approximate surface area is 172 Å². The second-order valence-corrected chi connectivity index (χ2v) is 8.75. The summed E-state index contributed by atoms with van der Waals surface area (Å²) >= 11 is 3.34. The molecule has 1 aromatic heterocycles. The van der Waals surface area contributed by atoms with E-state index in [0.717, 1.165) is 10.0 Å². The van der Waals surface area contributed by atoms with Crippen LogP contribution in [-0.2, 0) is 21.2 Å². The van der Waals surface area contributed by atoms with E-state index in [1.807, 2.05) is 0 Å². The van der Waals surface area contributed by atoms with Gasteiger partial charge in [-0.1, -0.05) is 52.3 Å². The van der Waals surface area contributed by atoms with Gasteiger partial charge in [-0.25, -0.2) is 8.42 Å². The third kappa shape index (κ3) is 4.94. The maximum Gasteiger partial charge on any atom is 0.263 e. The van der Waals surface area contributed by atoms with Crippen LogP contribution in [0.3, 0.4) is 0 Å². The van der Waals surface area contributed by atoms with E-state index >= 15 is 0 Å². The van der Waals surface area contributed by atoms with E-state index in [1.165, 1.54) is 18.2 Å². The molecule has 0 radical (unpaired) electrons. The molecule has 1 N–H and O–H groups in total. The summed E-state index contributed by atoms with van der Waals surface area (Å²) in [5, 5.41) is 2.67. The van der Waals surface area contributed by atoms with Crippen LogP contribution in [0.15, 0.2) is 93.4 Å². The SMILES string of the molecule is O=C(NCc1cccnc1)/C(=C\c1ccc(Br)cc1)S(=O)(=O)c1ccccc1. The number of nitrogens with one attached hydrogen (secondary N) is 1. The molecular formula is C21H17BrN2O3S. The minimum atomic E-state index is -3.99. The van der Waals surface area contributed by atoms with Crippen molar-refractivity contribution in [3.05, 3.63) is 99.6 Å². The molecule has 28 heavy (non-hydrogen) atoms. The van der Waals surface area contributed by atoms with Crippen LogP contribution in [0.4, 0.5) is 0 Å². The van der Waals surface area contributed by atoms with Crippen molar-refractivity contribution < 1.29 is 13.2 Å². The molecule has 0 unspecified atom stereocenters. The van der Waals surface area contributed by atoms with Gasteiger partial charge in [-0.05, 0) is 47.5 Å². The molecule has 3 rings (SSSR count). The number of hydrogen-bond acceptors (Lipinski definition) is 4. The molecule has 0 aliphatic heterocycles. The first-order chi connectivity index (χ1) is 13.5. The third-order valence-corrected chi connectivity index (χ3v) is 6.21. The first-order valence-corrected chi connectivity index (χ1v) is 10.7. The Hall–Kier alpha value is -2.77. The molecule has 5 nitrogen and oxygen atoms in total. The number of pyridine rings is 1. The minimum absolute atomic E-state index is 0.0647. The van der Waals surface area contributed by atoms with E-state index in [2.05, 4.69) is 26.2 Å². The number of nitrogens with zero attached hydrogens (tertiary/aromatic N) is 1. The lowest BCUT2D eigenvalue weighted by Gasteiger charge is -2.11. The first-order valence-electron chi connectivity index (χ1n) is 8.41. The second kappa shape index (κ2) is 8.95. The zero-order valence-electron chi connectivity index (χ0n) is 14.7. The van der Waals surface area contributed by atoms with E-state index in [1.54, 1.807) is 67.0 Å². The molecule has 1 heterocycles. The number of amides is 1. The summed E-state index contributed by atoms with van der Waals surface area (Å²) in [6.07, 6.45) is 4.63. The molecule has 0 bridgehead atoms. The lowest BCUT2D eigenvalue weighted by Crippen LogP contribution is -2.28. The molecule has 3 aromatic rings. The number of sulfone groups is 1. The molecule has 0 spiro atoms. The van der Waals surface area contributed by atoms with Crippen LogP contribution in [-0.4, -0.2) is 19.3 Å². The van der Waals surface area contributed by atoms with Gasteiger partial charge in [0.25, 0.3) is 5.91 Å². The number of rotatable bonds is 6. The van der Waals surface area contributed by atoms with Crippen LogP contribution in [0.1, 0.15) is 11.1 Å². The predicted octanol–water partition coefficient (Wildman–Crippen LogP) is 3.98. The Morgan fingerprint density at radius 3 is 2.36 bits per heavy atom. The lowest BCUT2D eigenvalue weighted by atomic mass is 10.2. The van der Waals surface area contributed by atoms with Gasteiger partial charge in [0.05, 0.1) is 4.90 Å². The van der Waals surface area contributed by atoms with E-state index in [9.17, 15) is 13.2 Å². The highest BCUT2D eigenvalue weighted by molar-refractivity contribution is 9.10. The average Bonchev–Trinajstić information content (AvgIpc) is 2.73. The molecule has 0 aliphatic carbocycles. The third-order valence-electron chi connectivity index (χ3n) is 3.91. The Kier molecular flexibility index (Phi) is 6.38. The van der Waals surface area contributed by atoms with Gasteiger partial charge < -0.3 is 5.32 Å². The van der Waals surface area contributed by atoms with Gasteiger partial charge in [-0.15, -0.1) is 0 Å². The van der Waals surface area contributed by atoms with E-state index in [4.69, 9.17) is 0 Å². The summed E-state index contributed by atoms with van der Waals surface area (Å²) in [6, 6.07) is 18.5. The molecular weight excluding hydrogens is 440 g/mol. The Morgan fingerprint density at radius 2 is 1.71 bits per heavy atom. The van der Waals surface area contributed by atoms with Crippen molar-refractivity contribution in [2.75, 3.05) is 0 Å². The van der Waals surface area contributed by atoms with E-state index in [0.29, 0.717) is 5.56 Å². The van der Waals surface area contributed by atoms with Crippen molar-refractivity contribution in [2.45, 2.75) is 11.4 Å². The second-order valence-electron chi connectivity index (χ2n) is 5.92. The highest BCUT2D eigenvalue weighted by Gasteiger charge is 2.26. The van der Waals surface area contributed by atoms with Crippen LogP contribution in [0.2, 0.25) is 0 Å². The monoisotopic (exact) mass is 456 g/mol. The smallest absolute Gasteiger partial charge is 0.263 e. The van der Waals surface area contributed by atoms with Gasteiger partial charge in [0.2, 0.25) is 9.84 Å². The van der Waals surface area contributed by atoms with Crippen LogP contribution >= 0.6 is 15.9 Å². The number of carbonyl (C=O) groups is 1. The number of hydrogen-bond donors (Lipinski definition) is 1. The van der Waals surface area contributed by atoms with Crippen molar-refractivity contribution in [3.63, 3.8) is 0 Å². The van der Waals surface area contributed by atoms with Gasteiger partial charge in [0.15, 0.2) is 0 Å². The van der Waals surface area contributed by atoms with Crippen molar-refractivity contribution in [3.8, 4) is 0 Å². The number of benzene rings is 2. The fraction of sp³-hybridized carbons (Fsp3) is 0.0476. The maximum atomic E-state index is 13.1. The summed E-state index contributed by atoms with van der Waals surface area (Å²) in [5.41, 5.74) is 1.38. The highest BCUT2D eigenvalue weighted by Crippen LogP contribution is 2.22. The normalized spacial score (nSPS) is 11.8. The van der Waals surface area contributed by atoms with Gasteiger partial charge in [-0.2, -0.15) is 0 Å². The molecule has 2 aromatic carbocycles. The van der Waals surface area contributed by atoms with Crippen molar-refractivity contribution in [2.24, 2.45) is 0 Å². The van der Waals surface area contributed by atoms with E-state index < -0.39 is 15.7 Å². The fourth-order valence-corrected chi connectivity index (χ4v) is 4.12. The van der Waals surface area contributed by atoms with Crippen LogP contribution in [0, 0.1) is 0 Å². The average molecular weight is 457 g/mol. The number of carbonyl (C=O) groups excluding carboxylic acids is 1.